The molecule has 1 aliphatic rings. The van der Waals surface area contributed by atoms with Gasteiger partial charge in [-0.25, -0.2) is 4.98 Å². The van der Waals surface area contributed by atoms with Crippen LogP contribution >= 0.6 is 0 Å². The predicted octanol–water partition coefficient (Wildman–Crippen LogP) is 0.738. The summed E-state index contributed by atoms with van der Waals surface area (Å²) in [6, 6.07) is 1.74. The molecule has 3 heterocycles. The molecule has 1 fully saturated rings. The van der Waals surface area contributed by atoms with E-state index in [4.69, 9.17) is 4.52 Å². The fourth-order valence-electron chi connectivity index (χ4n) is 2.17. The molecule has 2 aromatic rings. The van der Waals surface area contributed by atoms with Crippen LogP contribution in [0.25, 0.3) is 11.1 Å². The van der Waals surface area contributed by atoms with Crippen LogP contribution < -0.4 is 0 Å². The van der Waals surface area contributed by atoms with E-state index in [0.29, 0.717) is 36.5 Å². The van der Waals surface area contributed by atoms with Gasteiger partial charge in [0.1, 0.15) is 0 Å². The number of β-amino-alcohol motifs (C(OH)–C–C–N with tert-alkyl or cyclic N) is 1. The van der Waals surface area contributed by atoms with Crippen molar-refractivity contribution in [1.29, 1.82) is 0 Å². The highest BCUT2D eigenvalue weighted by molar-refractivity contribution is 5.97. The lowest BCUT2D eigenvalue weighted by Crippen LogP contribution is -2.29. The second kappa shape index (κ2) is 4.06. The Bertz CT molecular complexity index is 608. The van der Waals surface area contributed by atoms with Crippen LogP contribution in [0.2, 0.25) is 0 Å². The highest BCUT2D eigenvalue weighted by Gasteiger charge is 2.26. The lowest BCUT2D eigenvalue weighted by molar-refractivity contribution is 0.0765. The molecule has 0 aromatic carbocycles. The average molecular weight is 247 g/mol. The summed E-state index contributed by atoms with van der Waals surface area (Å²) < 4.78 is 5.00. The fourth-order valence-corrected chi connectivity index (χ4v) is 2.17. The van der Waals surface area contributed by atoms with E-state index in [1.807, 2.05) is 0 Å². The summed E-state index contributed by atoms with van der Waals surface area (Å²) in [5.74, 6) is -0.110. The van der Waals surface area contributed by atoms with Crippen LogP contribution in [-0.2, 0) is 0 Å². The van der Waals surface area contributed by atoms with Crippen molar-refractivity contribution in [3.8, 4) is 0 Å². The highest BCUT2D eigenvalue weighted by Crippen LogP contribution is 2.19. The topological polar surface area (TPSA) is 79.5 Å². The van der Waals surface area contributed by atoms with E-state index in [9.17, 15) is 9.90 Å². The van der Waals surface area contributed by atoms with E-state index >= 15 is 0 Å². The first-order valence-electron chi connectivity index (χ1n) is 5.84. The van der Waals surface area contributed by atoms with Crippen molar-refractivity contribution in [1.82, 2.24) is 15.0 Å². The quantitative estimate of drug-likeness (QED) is 0.804. The van der Waals surface area contributed by atoms with Gasteiger partial charge in [0.25, 0.3) is 11.6 Å². The third-order valence-corrected chi connectivity index (χ3v) is 3.21. The second-order valence-electron chi connectivity index (χ2n) is 4.54. The van der Waals surface area contributed by atoms with Gasteiger partial charge in [-0.15, -0.1) is 0 Å². The number of rotatable bonds is 1. The van der Waals surface area contributed by atoms with Crippen LogP contribution in [0.1, 0.15) is 22.5 Å². The van der Waals surface area contributed by atoms with E-state index in [1.54, 1.807) is 17.9 Å². The van der Waals surface area contributed by atoms with E-state index < -0.39 is 6.10 Å². The van der Waals surface area contributed by atoms with Crippen molar-refractivity contribution in [2.75, 3.05) is 13.1 Å². The number of aliphatic hydroxyl groups is 1. The summed E-state index contributed by atoms with van der Waals surface area (Å²) in [7, 11) is 0. The molecule has 1 atom stereocenters. The zero-order valence-electron chi connectivity index (χ0n) is 9.96. The van der Waals surface area contributed by atoms with E-state index in [0.717, 1.165) is 5.39 Å². The molecule has 0 bridgehead atoms. The summed E-state index contributed by atoms with van der Waals surface area (Å²) in [5, 5.41) is 14.0. The van der Waals surface area contributed by atoms with Gasteiger partial charge in [0.05, 0.1) is 22.7 Å². The maximum Gasteiger partial charge on any atom is 0.257 e. The first kappa shape index (κ1) is 11.2. The molecule has 0 radical (unpaired) electrons. The van der Waals surface area contributed by atoms with Crippen LogP contribution in [-0.4, -0.2) is 45.2 Å². The number of carbonyl (C=O) groups is 1. The number of nitrogens with zero attached hydrogens (tertiary/aromatic N) is 3. The van der Waals surface area contributed by atoms with Crippen molar-refractivity contribution >= 4 is 17.0 Å². The van der Waals surface area contributed by atoms with Crippen molar-refractivity contribution in [2.45, 2.75) is 19.4 Å². The molecule has 2 aromatic heterocycles. The number of aromatic nitrogens is 2. The standard InChI is InChI=1S/C12H13N3O3/c1-7-10-4-8(5-13-11(10)18-14-7)12(17)15-3-2-9(16)6-15/h4-5,9,16H,2-3,6H2,1H3/t9-/m1/s1. The summed E-state index contributed by atoms with van der Waals surface area (Å²) in [5.41, 5.74) is 1.65. The molecule has 0 unspecified atom stereocenters. The molecule has 3 rings (SSSR count). The maximum absolute atomic E-state index is 12.2. The van der Waals surface area contributed by atoms with Gasteiger partial charge in [0.15, 0.2) is 0 Å². The number of aliphatic hydroxyl groups excluding tert-OH is 1. The molecule has 94 valence electrons. The number of hydrogen-bond donors (Lipinski definition) is 1. The Kier molecular flexibility index (Phi) is 2.52. The van der Waals surface area contributed by atoms with Gasteiger partial charge in [-0.1, -0.05) is 5.16 Å². The van der Waals surface area contributed by atoms with Crippen LogP contribution in [0.5, 0.6) is 0 Å². The fraction of sp³-hybridized carbons (Fsp3) is 0.417. The number of fused-ring (bicyclic) bond motifs is 1. The lowest BCUT2D eigenvalue weighted by Gasteiger charge is -2.14. The molecule has 18 heavy (non-hydrogen) atoms. The van der Waals surface area contributed by atoms with Crippen LogP contribution in [0.15, 0.2) is 16.8 Å². The van der Waals surface area contributed by atoms with Gasteiger partial charge >= 0.3 is 0 Å². The Morgan fingerprint density at radius 3 is 3.17 bits per heavy atom. The highest BCUT2D eigenvalue weighted by atomic mass is 16.5. The van der Waals surface area contributed by atoms with E-state index in [1.165, 1.54) is 6.20 Å². The second-order valence-corrected chi connectivity index (χ2v) is 4.54. The summed E-state index contributed by atoms with van der Waals surface area (Å²) >= 11 is 0. The summed E-state index contributed by atoms with van der Waals surface area (Å²) in [4.78, 5) is 17.9. The maximum atomic E-state index is 12.2. The molecule has 0 saturated carbocycles. The van der Waals surface area contributed by atoms with Crippen molar-refractivity contribution in [2.24, 2.45) is 0 Å². The molecule has 1 amide bonds. The Morgan fingerprint density at radius 1 is 1.61 bits per heavy atom. The minimum atomic E-state index is -0.414. The Hall–Kier alpha value is -1.95. The van der Waals surface area contributed by atoms with Crippen molar-refractivity contribution in [3.63, 3.8) is 0 Å². The molecular formula is C12H13N3O3. The largest absolute Gasteiger partial charge is 0.391 e. The van der Waals surface area contributed by atoms with Gasteiger partial charge < -0.3 is 14.5 Å². The molecule has 0 aliphatic carbocycles. The first-order chi connectivity index (χ1) is 8.65. The zero-order chi connectivity index (χ0) is 12.7. The van der Waals surface area contributed by atoms with Crippen LogP contribution in [0, 0.1) is 6.92 Å². The Morgan fingerprint density at radius 2 is 2.44 bits per heavy atom. The average Bonchev–Trinajstić information content (AvgIpc) is 2.95. The monoisotopic (exact) mass is 247 g/mol. The lowest BCUT2D eigenvalue weighted by atomic mass is 10.2. The number of likely N-dealkylation sites (tertiary alicyclic amines) is 1. The zero-order valence-corrected chi connectivity index (χ0v) is 9.96. The summed E-state index contributed by atoms with van der Waals surface area (Å²) in [6.45, 7) is 2.78. The minimum absolute atomic E-state index is 0.110. The van der Waals surface area contributed by atoms with Gasteiger partial charge in [-0.05, 0) is 19.4 Å². The van der Waals surface area contributed by atoms with E-state index in [2.05, 4.69) is 10.1 Å². The number of pyridine rings is 1. The van der Waals surface area contributed by atoms with Gasteiger partial charge in [-0.3, -0.25) is 4.79 Å². The van der Waals surface area contributed by atoms with Crippen LogP contribution in [0.3, 0.4) is 0 Å². The number of amides is 1. The summed E-state index contributed by atoms with van der Waals surface area (Å²) in [6.07, 6.45) is 1.70. The Labute approximate surface area is 103 Å². The molecule has 6 heteroatoms. The molecule has 0 spiro atoms. The Balaban J connectivity index is 1.94. The molecular weight excluding hydrogens is 234 g/mol. The molecule has 1 saturated heterocycles. The predicted molar refractivity (Wildman–Crippen MR) is 63.1 cm³/mol. The van der Waals surface area contributed by atoms with E-state index in [-0.39, 0.29) is 5.91 Å². The number of carbonyl (C=O) groups excluding carboxylic acids is 1. The first-order valence-corrected chi connectivity index (χ1v) is 5.84. The SMILES string of the molecule is Cc1noc2ncc(C(=O)N3CC[C@@H](O)C3)cc12. The molecule has 1 aliphatic heterocycles. The number of aryl methyl sites for hydroxylation is 1. The third kappa shape index (κ3) is 1.74. The van der Waals surface area contributed by atoms with Gasteiger partial charge in [0.2, 0.25) is 0 Å². The normalized spacial score (nSPS) is 19.7. The third-order valence-electron chi connectivity index (χ3n) is 3.21. The van der Waals surface area contributed by atoms with Crippen LogP contribution in [0.4, 0.5) is 0 Å². The van der Waals surface area contributed by atoms with Gasteiger partial charge in [-0.2, -0.15) is 0 Å². The van der Waals surface area contributed by atoms with Gasteiger partial charge in [0, 0.05) is 19.3 Å². The number of hydrogen-bond acceptors (Lipinski definition) is 5. The molecule has 1 N–H and O–H groups in total. The minimum Gasteiger partial charge on any atom is -0.391 e. The van der Waals surface area contributed by atoms with Crippen molar-refractivity contribution < 1.29 is 14.4 Å². The van der Waals surface area contributed by atoms with Crippen molar-refractivity contribution in [3.05, 3.63) is 23.5 Å². The smallest absolute Gasteiger partial charge is 0.257 e. The molecule has 6 nitrogen and oxygen atoms in total.